The number of benzene rings is 1. The van der Waals surface area contributed by atoms with Crippen LogP contribution < -0.4 is 11.1 Å². The first-order valence-electron chi connectivity index (χ1n) is 4.42. The summed E-state index contributed by atoms with van der Waals surface area (Å²) < 4.78 is 0. The summed E-state index contributed by atoms with van der Waals surface area (Å²) in [4.78, 5) is 25.5. The van der Waals surface area contributed by atoms with E-state index >= 15 is 0 Å². The van der Waals surface area contributed by atoms with Gasteiger partial charge in [-0.2, -0.15) is 4.99 Å². The molecular formula is C10H9N3O2. The zero-order chi connectivity index (χ0) is 10.8. The highest BCUT2D eigenvalue weighted by Gasteiger charge is 2.22. The number of amides is 3. The molecule has 1 heterocycles. The molecule has 3 N–H and O–H groups in total. The number of nitrogens with two attached hydrogens (primary N) is 1. The molecule has 0 spiro atoms. The number of anilines is 1. The molecule has 76 valence electrons. The van der Waals surface area contributed by atoms with Crippen LogP contribution in [0, 0.1) is 0 Å². The van der Waals surface area contributed by atoms with Gasteiger partial charge < -0.3 is 5.73 Å². The molecule has 2 rings (SSSR count). The van der Waals surface area contributed by atoms with Crippen LogP contribution in [-0.4, -0.2) is 17.6 Å². The van der Waals surface area contributed by atoms with Crippen LogP contribution in [0.3, 0.4) is 0 Å². The summed E-state index contributed by atoms with van der Waals surface area (Å²) in [5, 5.41) is 2.09. The normalized spacial score (nSPS) is 15.1. The summed E-state index contributed by atoms with van der Waals surface area (Å²) in [6.45, 7) is 0. The fraction of sp³-hybridized carbons (Fsp3) is 0.100. The number of carbonyl (C=O) groups is 2. The molecule has 1 aromatic rings. The molecule has 0 saturated carbocycles. The van der Waals surface area contributed by atoms with Gasteiger partial charge in [0, 0.05) is 12.1 Å². The summed E-state index contributed by atoms with van der Waals surface area (Å²) in [6.07, 6.45) is 0.345. The molecule has 0 bridgehead atoms. The van der Waals surface area contributed by atoms with Gasteiger partial charge in [-0.05, 0) is 17.7 Å². The number of nitrogens with zero attached hydrogens (tertiary/aromatic N) is 1. The third-order valence-electron chi connectivity index (χ3n) is 2.07. The molecule has 5 heteroatoms. The van der Waals surface area contributed by atoms with Crippen LogP contribution in [0.5, 0.6) is 0 Å². The minimum atomic E-state index is -0.592. The van der Waals surface area contributed by atoms with Crippen molar-refractivity contribution in [1.82, 2.24) is 5.32 Å². The minimum Gasteiger partial charge on any atom is -0.399 e. The molecule has 0 fully saturated rings. The fourth-order valence-corrected chi connectivity index (χ4v) is 1.32. The van der Waals surface area contributed by atoms with Gasteiger partial charge in [0.05, 0.1) is 0 Å². The number of hydrogen-bond acceptors (Lipinski definition) is 3. The molecule has 1 aromatic carbocycles. The van der Waals surface area contributed by atoms with E-state index in [2.05, 4.69) is 10.3 Å². The average molecular weight is 203 g/mol. The molecule has 0 aromatic heterocycles. The second-order valence-corrected chi connectivity index (χ2v) is 3.24. The third kappa shape index (κ3) is 2.01. The maximum atomic E-state index is 11.2. The average Bonchev–Trinajstić information content (AvgIpc) is 2.49. The lowest BCUT2D eigenvalue weighted by molar-refractivity contribution is -0.113. The molecule has 0 atom stereocenters. The van der Waals surface area contributed by atoms with Gasteiger partial charge >= 0.3 is 6.03 Å². The number of imide groups is 1. The smallest absolute Gasteiger partial charge is 0.348 e. The van der Waals surface area contributed by atoms with Crippen molar-refractivity contribution in [2.75, 3.05) is 5.73 Å². The summed E-state index contributed by atoms with van der Waals surface area (Å²) in [5.41, 5.74) is 7.32. The first-order chi connectivity index (χ1) is 7.15. The maximum absolute atomic E-state index is 11.2. The Kier molecular flexibility index (Phi) is 2.21. The molecular weight excluding hydrogens is 194 g/mol. The Morgan fingerprint density at radius 3 is 2.40 bits per heavy atom. The minimum absolute atomic E-state index is 0.241. The van der Waals surface area contributed by atoms with Crippen molar-refractivity contribution in [2.45, 2.75) is 6.42 Å². The van der Waals surface area contributed by atoms with Crippen molar-refractivity contribution in [3.63, 3.8) is 0 Å². The van der Waals surface area contributed by atoms with Crippen molar-refractivity contribution in [3.8, 4) is 0 Å². The number of rotatable bonds is 2. The van der Waals surface area contributed by atoms with Crippen molar-refractivity contribution < 1.29 is 9.59 Å². The second kappa shape index (κ2) is 3.53. The van der Waals surface area contributed by atoms with Gasteiger partial charge in [-0.3, -0.25) is 10.1 Å². The lowest BCUT2D eigenvalue weighted by Gasteiger charge is -1.99. The van der Waals surface area contributed by atoms with Gasteiger partial charge in [-0.1, -0.05) is 12.1 Å². The molecule has 15 heavy (non-hydrogen) atoms. The van der Waals surface area contributed by atoms with Crippen LogP contribution in [-0.2, 0) is 11.2 Å². The molecule has 0 unspecified atom stereocenters. The van der Waals surface area contributed by atoms with E-state index in [1.165, 1.54) is 0 Å². The number of hydrogen-bond donors (Lipinski definition) is 2. The van der Waals surface area contributed by atoms with E-state index in [9.17, 15) is 9.59 Å². The first kappa shape index (κ1) is 9.39. The van der Waals surface area contributed by atoms with Crippen LogP contribution in [0.1, 0.15) is 5.56 Å². The standard InChI is InChI=1S/C10H9N3O2/c11-7-3-1-6(2-4-7)5-8-9(14)13-10(15)12-8/h1-4H,5,11H2,(H,13,14,15). The summed E-state index contributed by atoms with van der Waals surface area (Å²) in [7, 11) is 0. The van der Waals surface area contributed by atoms with E-state index in [1.807, 2.05) is 0 Å². The van der Waals surface area contributed by atoms with Gasteiger partial charge in [0.25, 0.3) is 5.91 Å². The predicted octanol–water partition coefficient (Wildman–Crippen LogP) is 0.502. The lowest BCUT2D eigenvalue weighted by Crippen LogP contribution is -2.26. The molecule has 1 aliphatic heterocycles. The molecule has 0 saturated heterocycles. The lowest BCUT2D eigenvalue weighted by atomic mass is 10.1. The number of nitrogens with one attached hydrogen (secondary N) is 1. The highest BCUT2D eigenvalue weighted by Crippen LogP contribution is 2.08. The second-order valence-electron chi connectivity index (χ2n) is 3.24. The van der Waals surface area contributed by atoms with Crippen molar-refractivity contribution in [3.05, 3.63) is 29.8 Å². The summed E-state index contributed by atoms with van der Waals surface area (Å²) in [5.74, 6) is -0.420. The van der Waals surface area contributed by atoms with Crippen molar-refractivity contribution in [2.24, 2.45) is 4.99 Å². The predicted molar refractivity (Wildman–Crippen MR) is 55.5 cm³/mol. The van der Waals surface area contributed by atoms with E-state index in [0.717, 1.165) is 5.56 Å². The Labute approximate surface area is 86.0 Å². The molecule has 0 radical (unpaired) electrons. The van der Waals surface area contributed by atoms with E-state index in [0.29, 0.717) is 12.1 Å². The summed E-state index contributed by atoms with van der Waals surface area (Å²) in [6, 6.07) is 6.49. The Bertz CT molecular complexity index is 448. The quantitative estimate of drug-likeness (QED) is 0.686. The Balaban J connectivity index is 2.16. The number of aliphatic imine (C=N–C) groups is 1. The van der Waals surface area contributed by atoms with Crippen molar-refractivity contribution >= 4 is 23.3 Å². The van der Waals surface area contributed by atoms with Crippen LogP contribution >= 0.6 is 0 Å². The van der Waals surface area contributed by atoms with Gasteiger partial charge in [-0.15, -0.1) is 0 Å². The van der Waals surface area contributed by atoms with E-state index in [1.54, 1.807) is 24.3 Å². The van der Waals surface area contributed by atoms with Crippen LogP contribution in [0.4, 0.5) is 10.5 Å². The fourth-order valence-electron chi connectivity index (χ4n) is 1.32. The Hall–Kier alpha value is -2.17. The molecule has 1 aliphatic rings. The molecule has 0 aliphatic carbocycles. The monoisotopic (exact) mass is 203 g/mol. The number of nitrogen functional groups attached to an aromatic ring is 1. The Morgan fingerprint density at radius 2 is 1.87 bits per heavy atom. The Morgan fingerprint density at radius 1 is 1.20 bits per heavy atom. The van der Waals surface area contributed by atoms with Gasteiger partial charge in [0.15, 0.2) is 0 Å². The SMILES string of the molecule is Nc1ccc(CC2=NC(=O)NC2=O)cc1. The van der Waals surface area contributed by atoms with Crippen LogP contribution in [0.15, 0.2) is 29.3 Å². The first-order valence-corrected chi connectivity index (χ1v) is 4.42. The number of carbonyl (C=O) groups excluding carboxylic acids is 2. The largest absolute Gasteiger partial charge is 0.399 e. The van der Waals surface area contributed by atoms with E-state index < -0.39 is 11.9 Å². The highest BCUT2D eigenvalue weighted by molar-refractivity contribution is 6.46. The third-order valence-corrected chi connectivity index (χ3v) is 2.07. The highest BCUT2D eigenvalue weighted by atomic mass is 16.2. The molecule has 5 nitrogen and oxygen atoms in total. The van der Waals surface area contributed by atoms with Crippen molar-refractivity contribution in [1.29, 1.82) is 0 Å². The summed E-state index contributed by atoms with van der Waals surface area (Å²) >= 11 is 0. The number of urea groups is 1. The topological polar surface area (TPSA) is 84.5 Å². The zero-order valence-corrected chi connectivity index (χ0v) is 7.86. The van der Waals surface area contributed by atoms with Gasteiger partial charge in [0.1, 0.15) is 5.71 Å². The van der Waals surface area contributed by atoms with Gasteiger partial charge in [0.2, 0.25) is 0 Å². The van der Waals surface area contributed by atoms with Crippen LogP contribution in [0.2, 0.25) is 0 Å². The maximum Gasteiger partial charge on any atom is 0.348 e. The van der Waals surface area contributed by atoms with Gasteiger partial charge in [-0.25, -0.2) is 4.79 Å². The van der Waals surface area contributed by atoms with E-state index in [-0.39, 0.29) is 5.71 Å². The van der Waals surface area contributed by atoms with Crippen LogP contribution in [0.25, 0.3) is 0 Å². The molecule has 3 amide bonds. The van der Waals surface area contributed by atoms with E-state index in [4.69, 9.17) is 5.73 Å². The zero-order valence-electron chi connectivity index (χ0n) is 7.86.